The smallest absolute Gasteiger partial charge is 0.247 e. The summed E-state index contributed by atoms with van der Waals surface area (Å²) < 4.78 is 14.6. The quantitative estimate of drug-likeness (QED) is 0.699. The maximum Gasteiger partial charge on any atom is 0.247 e. The number of hydrogen-bond acceptors (Lipinski definition) is 4. The summed E-state index contributed by atoms with van der Waals surface area (Å²) in [6.07, 6.45) is 3.97. The molecule has 0 bridgehead atoms. The molecular weight excluding hydrogens is 385 g/mol. The number of para-hydroxylation sites is 2. The molecule has 0 spiro atoms. The van der Waals surface area contributed by atoms with E-state index in [9.17, 15) is 14.0 Å². The molecule has 30 heavy (non-hydrogen) atoms. The number of anilines is 2. The number of carbonyl (C=O) groups is 2. The Morgan fingerprint density at radius 3 is 2.80 bits per heavy atom. The third-order valence-electron chi connectivity index (χ3n) is 5.56. The van der Waals surface area contributed by atoms with Gasteiger partial charge < -0.3 is 15.5 Å². The average molecular weight is 405 g/mol. The normalized spacial score (nSPS) is 19.8. The van der Waals surface area contributed by atoms with Gasteiger partial charge in [0.2, 0.25) is 11.8 Å². The lowest BCUT2D eigenvalue weighted by molar-refractivity contribution is -0.122. The number of fused-ring (bicyclic) bond motifs is 3. The summed E-state index contributed by atoms with van der Waals surface area (Å²) in [5.41, 5.74) is 3.43. The van der Waals surface area contributed by atoms with Gasteiger partial charge in [0.1, 0.15) is 18.4 Å². The first kappa shape index (κ1) is 18.4. The van der Waals surface area contributed by atoms with Crippen LogP contribution in [0.1, 0.15) is 6.42 Å². The van der Waals surface area contributed by atoms with Crippen LogP contribution in [0.25, 0.3) is 11.1 Å². The van der Waals surface area contributed by atoms with Gasteiger partial charge in [-0.2, -0.15) is 5.10 Å². The summed E-state index contributed by atoms with van der Waals surface area (Å²) in [5, 5.41) is 10.2. The summed E-state index contributed by atoms with van der Waals surface area (Å²) in [7, 11) is 0. The first-order valence-corrected chi connectivity index (χ1v) is 9.81. The molecular formula is C22H20FN5O2. The number of amides is 2. The molecule has 8 heteroatoms. The Morgan fingerprint density at radius 1 is 1.17 bits per heavy atom. The molecule has 2 aliphatic rings. The molecule has 1 fully saturated rings. The monoisotopic (exact) mass is 405 g/mol. The number of aromatic nitrogens is 2. The van der Waals surface area contributed by atoms with Crippen LogP contribution in [0, 0.1) is 5.82 Å². The third-order valence-corrected chi connectivity index (χ3v) is 5.56. The SMILES string of the molecule is O=C(Cn1cc(-c2ccc(F)cc2)cn1)NC1CC2C(=O)Nc3ccccc3N2C1. The first-order valence-electron chi connectivity index (χ1n) is 9.81. The van der Waals surface area contributed by atoms with E-state index in [1.165, 1.54) is 12.1 Å². The van der Waals surface area contributed by atoms with Gasteiger partial charge in [-0.3, -0.25) is 14.3 Å². The summed E-state index contributed by atoms with van der Waals surface area (Å²) in [4.78, 5) is 27.0. The second kappa shape index (κ2) is 7.29. The zero-order valence-electron chi connectivity index (χ0n) is 16.1. The third kappa shape index (κ3) is 3.41. The number of carbonyl (C=O) groups excluding carboxylic acids is 2. The van der Waals surface area contributed by atoms with Crippen molar-refractivity contribution in [2.24, 2.45) is 0 Å². The van der Waals surface area contributed by atoms with Crippen LogP contribution in [0.5, 0.6) is 0 Å². The molecule has 7 nitrogen and oxygen atoms in total. The van der Waals surface area contributed by atoms with Gasteiger partial charge in [-0.05, 0) is 36.2 Å². The number of rotatable bonds is 4. The van der Waals surface area contributed by atoms with Gasteiger partial charge in [-0.1, -0.05) is 24.3 Å². The molecule has 5 rings (SSSR count). The van der Waals surface area contributed by atoms with Crippen molar-refractivity contribution in [2.75, 3.05) is 16.8 Å². The predicted molar refractivity (Wildman–Crippen MR) is 110 cm³/mol. The van der Waals surface area contributed by atoms with Crippen LogP contribution < -0.4 is 15.5 Å². The second-order valence-electron chi connectivity index (χ2n) is 7.61. The Morgan fingerprint density at radius 2 is 1.97 bits per heavy atom. The Hall–Kier alpha value is -3.68. The fourth-order valence-corrected chi connectivity index (χ4v) is 4.16. The number of nitrogens with zero attached hydrogens (tertiary/aromatic N) is 3. The van der Waals surface area contributed by atoms with Gasteiger partial charge in [0, 0.05) is 24.3 Å². The fraction of sp³-hybridized carbons (Fsp3) is 0.227. The second-order valence-corrected chi connectivity index (χ2v) is 7.61. The molecule has 2 amide bonds. The van der Waals surface area contributed by atoms with Gasteiger partial charge in [-0.15, -0.1) is 0 Å². The van der Waals surface area contributed by atoms with E-state index in [2.05, 4.69) is 20.6 Å². The van der Waals surface area contributed by atoms with Gasteiger partial charge in [0.05, 0.1) is 17.6 Å². The summed E-state index contributed by atoms with van der Waals surface area (Å²) in [6.45, 7) is 0.659. The van der Waals surface area contributed by atoms with Crippen LogP contribution in [-0.4, -0.2) is 40.2 Å². The lowest BCUT2D eigenvalue weighted by Gasteiger charge is -2.32. The van der Waals surface area contributed by atoms with Gasteiger partial charge in [0.25, 0.3) is 0 Å². The molecule has 0 saturated carbocycles. The van der Waals surface area contributed by atoms with Crippen molar-refractivity contribution in [3.05, 3.63) is 66.7 Å². The van der Waals surface area contributed by atoms with Crippen molar-refractivity contribution in [2.45, 2.75) is 25.0 Å². The number of hydrogen-bond donors (Lipinski definition) is 2. The molecule has 2 aromatic carbocycles. The van der Waals surface area contributed by atoms with Crippen molar-refractivity contribution in [3.63, 3.8) is 0 Å². The van der Waals surface area contributed by atoms with Crippen molar-refractivity contribution < 1.29 is 14.0 Å². The largest absolute Gasteiger partial charge is 0.356 e. The molecule has 0 aliphatic carbocycles. The van der Waals surface area contributed by atoms with E-state index in [1.54, 1.807) is 29.2 Å². The molecule has 3 heterocycles. The lowest BCUT2D eigenvalue weighted by atomic mass is 10.1. The zero-order chi connectivity index (χ0) is 20.7. The fourth-order valence-electron chi connectivity index (χ4n) is 4.16. The molecule has 2 aliphatic heterocycles. The highest BCUT2D eigenvalue weighted by atomic mass is 19.1. The van der Waals surface area contributed by atoms with E-state index in [0.29, 0.717) is 13.0 Å². The molecule has 2 N–H and O–H groups in total. The molecule has 1 saturated heterocycles. The maximum absolute atomic E-state index is 13.1. The van der Waals surface area contributed by atoms with E-state index in [4.69, 9.17) is 0 Å². The van der Waals surface area contributed by atoms with Crippen LogP contribution in [0.3, 0.4) is 0 Å². The molecule has 1 aromatic heterocycles. The lowest BCUT2D eigenvalue weighted by Crippen LogP contribution is -2.44. The van der Waals surface area contributed by atoms with E-state index in [0.717, 1.165) is 22.5 Å². The molecule has 2 atom stereocenters. The Bertz CT molecular complexity index is 1110. The average Bonchev–Trinajstić information content (AvgIpc) is 3.36. The number of halogens is 1. The van der Waals surface area contributed by atoms with Crippen molar-refractivity contribution in [1.29, 1.82) is 0 Å². The van der Waals surface area contributed by atoms with Crippen LogP contribution in [0.15, 0.2) is 60.9 Å². The minimum absolute atomic E-state index is 0.0403. The van der Waals surface area contributed by atoms with E-state index in [1.807, 2.05) is 24.3 Å². The predicted octanol–water partition coefficient (Wildman–Crippen LogP) is 2.41. The number of benzene rings is 2. The van der Waals surface area contributed by atoms with E-state index in [-0.39, 0.29) is 36.3 Å². The summed E-state index contributed by atoms with van der Waals surface area (Å²) in [5.74, 6) is -0.501. The minimum Gasteiger partial charge on any atom is -0.356 e. The van der Waals surface area contributed by atoms with E-state index < -0.39 is 0 Å². The van der Waals surface area contributed by atoms with Crippen LogP contribution >= 0.6 is 0 Å². The van der Waals surface area contributed by atoms with Crippen molar-refractivity contribution >= 4 is 23.2 Å². The first-order chi connectivity index (χ1) is 14.6. The molecule has 0 radical (unpaired) electrons. The molecule has 2 unspecified atom stereocenters. The van der Waals surface area contributed by atoms with Gasteiger partial charge in [-0.25, -0.2) is 4.39 Å². The maximum atomic E-state index is 13.1. The molecule has 152 valence electrons. The van der Waals surface area contributed by atoms with Crippen molar-refractivity contribution in [3.8, 4) is 11.1 Å². The Kier molecular flexibility index (Phi) is 4.46. The highest BCUT2D eigenvalue weighted by Gasteiger charge is 2.41. The zero-order valence-corrected chi connectivity index (χ0v) is 16.1. The summed E-state index contributed by atoms with van der Waals surface area (Å²) in [6, 6.07) is 13.4. The topological polar surface area (TPSA) is 79.3 Å². The standard InChI is InChI=1S/C22H20FN5O2/c23-16-7-5-14(6-8-16)15-10-24-27(11-15)13-21(29)25-17-9-20-22(30)26-18-3-1-2-4-19(18)28(20)12-17/h1-8,10-11,17,20H,9,12-13H2,(H,25,29)(H,26,30). The highest BCUT2D eigenvalue weighted by molar-refractivity contribution is 6.04. The van der Waals surface area contributed by atoms with Crippen LogP contribution in [-0.2, 0) is 16.1 Å². The van der Waals surface area contributed by atoms with Crippen LogP contribution in [0.4, 0.5) is 15.8 Å². The Labute approximate surface area is 172 Å². The van der Waals surface area contributed by atoms with Crippen molar-refractivity contribution in [1.82, 2.24) is 15.1 Å². The van der Waals surface area contributed by atoms with Gasteiger partial charge >= 0.3 is 0 Å². The van der Waals surface area contributed by atoms with E-state index >= 15 is 0 Å². The van der Waals surface area contributed by atoms with Gasteiger partial charge in [0.15, 0.2) is 0 Å². The highest BCUT2D eigenvalue weighted by Crippen LogP contribution is 2.36. The number of nitrogens with one attached hydrogen (secondary N) is 2. The van der Waals surface area contributed by atoms with Crippen LogP contribution in [0.2, 0.25) is 0 Å². The summed E-state index contributed by atoms with van der Waals surface area (Å²) >= 11 is 0. The molecule has 3 aromatic rings. The Balaban J connectivity index is 1.23. The minimum atomic E-state index is -0.297.